The van der Waals surface area contributed by atoms with Gasteiger partial charge in [-0.2, -0.15) is 0 Å². The number of carbonyl (C=O) groups is 1. The molecule has 1 aliphatic heterocycles. The highest BCUT2D eigenvalue weighted by molar-refractivity contribution is 5.81. The highest BCUT2D eigenvalue weighted by atomic mass is 16.5. The molecule has 5 atom stereocenters. The zero-order chi connectivity index (χ0) is 13.7. The summed E-state index contributed by atoms with van der Waals surface area (Å²) in [5.41, 5.74) is 0. The summed E-state index contributed by atoms with van der Waals surface area (Å²) in [7, 11) is 0. The number of carbonyl (C=O) groups excluding carboxylic acids is 1. The molecule has 1 saturated heterocycles. The Morgan fingerprint density at radius 1 is 1.22 bits per heavy atom. The molecule has 7 heteroatoms. The minimum atomic E-state index is -1.52. The first-order valence-corrected chi connectivity index (χ1v) is 6.11. The Bertz CT molecular complexity index is 272. The van der Waals surface area contributed by atoms with Crippen molar-refractivity contribution in [3.05, 3.63) is 0 Å². The van der Waals surface area contributed by atoms with Crippen LogP contribution in [0.25, 0.3) is 0 Å². The van der Waals surface area contributed by atoms with E-state index >= 15 is 0 Å². The fraction of sp³-hybridized carbons (Fsp3) is 0.909. The minimum absolute atomic E-state index is 0.449. The predicted molar refractivity (Wildman–Crippen MR) is 61.7 cm³/mol. The Balaban J connectivity index is 2.60. The first kappa shape index (κ1) is 15.3. The maximum atomic E-state index is 11.7. The van der Waals surface area contributed by atoms with Crippen LogP contribution in [0.1, 0.15) is 19.8 Å². The largest absolute Gasteiger partial charge is 0.394 e. The first-order chi connectivity index (χ1) is 8.52. The smallest absolute Gasteiger partial charge is 0.251 e. The third-order valence-electron chi connectivity index (χ3n) is 2.98. The van der Waals surface area contributed by atoms with Gasteiger partial charge in [0.25, 0.3) is 5.91 Å². The lowest BCUT2D eigenvalue weighted by atomic mass is 9.95. The Hall–Kier alpha value is -0.730. The Kier molecular flexibility index (Phi) is 5.97. The number of unbranched alkanes of at least 4 members (excludes halogenated alkanes) is 1. The van der Waals surface area contributed by atoms with Crippen LogP contribution in [0, 0.1) is 0 Å². The monoisotopic (exact) mass is 263 g/mol. The number of ether oxygens (including phenoxy) is 1. The second-order valence-electron chi connectivity index (χ2n) is 4.39. The molecule has 1 fully saturated rings. The van der Waals surface area contributed by atoms with Gasteiger partial charge in [-0.1, -0.05) is 13.3 Å². The van der Waals surface area contributed by atoms with Crippen LogP contribution in [-0.2, 0) is 9.53 Å². The molecule has 0 aromatic heterocycles. The number of nitrogens with one attached hydrogen (secondary N) is 1. The number of amides is 1. The molecular weight excluding hydrogens is 242 g/mol. The zero-order valence-electron chi connectivity index (χ0n) is 10.3. The van der Waals surface area contributed by atoms with Crippen molar-refractivity contribution in [2.45, 2.75) is 50.3 Å². The van der Waals surface area contributed by atoms with E-state index in [0.717, 1.165) is 12.8 Å². The lowest BCUT2D eigenvalue weighted by molar-refractivity contribution is -0.226. The van der Waals surface area contributed by atoms with E-state index in [2.05, 4.69) is 5.32 Å². The van der Waals surface area contributed by atoms with E-state index < -0.39 is 43.0 Å². The zero-order valence-corrected chi connectivity index (χ0v) is 10.3. The third-order valence-corrected chi connectivity index (χ3v) is 2.98. The predicted octanol–water partition coefficient (Wildman–Crippen LogP) is -2.25. The topological polar surface area (TPSA) is 119 Å². The first-order valence-electron chi connectivity index (χ1n) is 6.11. The molecule has 0 radical (unpaired) electrons. The van der Waals surface area contributed by atoms with Gasteiger partial charge in [0.2, 0.25) is 0 Å². The maximum absolute atomic E-state index is 11.7. The van der Waals surface area contributed by atoms with E-state index in [1.54, 1.807) is 0 Å². The summed E-state index contributed by atoms with van der Waals surface area (Å²) in [6, 6.07) is 0. The quantitative estimate of drug-likeness (QED) is 0.357. The van der Waals surface area contributed by atoms with Crippen molar-refractivity contribution in [3.63, 3.8) is 0 Å². The van der Waals surface area contributed by atoms with Gasteiger partial charge in [-0.15, -0.1) is 0 Å². The normalized spacial score (nSPS) is 36.4. The number of hydrogen-bond acceptors (Lipinski definition) is 6. The highest BCUT2D eigenvalue weighted by Crippen LogP contribution is 2.21. The molecule has 0 spiro atoms. The summed E-state index contributed by atoms with van der Waals surface area (Å²) < 4.78 is 5.10. The maximum Gasteiger partial charge on any atom is 0.251 e. The van der Waals surface area contributed by atoms with Gasteiger partial charge >= 0.3 is 0 Å². The van der Waals surface area contributed by atoms with Crippen LogP contribution in [0.3, 0.4) is 0 Å². The van der Waals surface area contributed by atoms with E-state index in [0.29, 0.717) is 6.54 Å². The van der Waals surface area contributed by atoms with Crippen LogP contribution in [0.4, 0.5) is 0 Å². The van der Waals surface area contributed by atoms with E-state index in [9.17, 15) is 20.1 Å². The van der Waals surface area contributed by atoms with Gasteiger partial charge in [-0.05, 0) is 6.42 Å². The van der Waals surface area contributed by atoms with Crippen molar-refractivity contribution in [1.82, 2.24) is 5.32 Å². The van der Waals surface area contributed by atoms with Gasteiger partial charge in [-0.3, -0.25) is 4.79 Å². The van der Waals surface area contributed by atoms with E-state index in [1.807, 2.05) is 6.92 Å². The van der Waals surface area contributed by atoms with Crippen molar-refractivity contribution in [3.8, 4) is 0 Å². The molecule has 0 aliphatic carbocycles. The van der Waals surface area contributed by atoms with Crippen LogP contribution >= 0.6 is 0 Å². The summed E-state index contributed by atoms with van der Waals surface area (Å²) in [5.74, 6) is -0.555. The summed E-state index contributed by atoms with van der Waals surface area (Å²) in [6.45, 7) is 1.88. The van der Waals surface area contributed by atoms with Crippen molar-refractivity contribution in [2.24, 2.45) is 0 Å². The molecule has 1 rings (SSSR count). The standard InChI is InChI=1S/C11H21NO6/c1-2-3-4-12-11(17)10-9(16)8(15)7(14)6(5-13)18-10/h6-10,13-16H,2-5H2,1H3,(H,12,17)/t6-,7-,8+,9-,10+/m1/s1. The van der Waals surface area contributed by atoms with Gasteiger partial charge in [0.1, 0.15) is 24.4 Å². The lowest BCUT2D eigenvalue weighted by Gasteiger charge is -2.39. The Morgan fingerprint density at radius 3 is 2.44 bits per heavy atom. The van der Waals surface area contributed by atoms with Gasteiger partial charge in [0.15, 0.2) is 6.10 Å². The summed E-state index contributed by atoms with van der Waals surface area (Å²) in [5, 5.41) is 40.3. The highest BCUT2D eigenvalue weighted by Gasteiger charge is 2.46. The van der Waals surface area contributed by atoms with Crippen molar-refractivity contribution in [2.75, 3.05) is 13.2 Å². The number of aliphatic hydroxyl groups is 4. The number of aliphatic hydroxyl groups excluding tert-OH is 4. The molecule has 0 bridgehead atoms. The SMILES string of the molecule is CCCCNC(=O)[C@H]1O[C@H](CO)[C@@H](O)[C@H](O)[C@H]1O. The van der Waals surface area contributed by atoms with Crippen LogP contribution in [0.5, 0.6) is 0 Å². The average Bonchev–Trinajstić information content (AvgIpc) is 2.36. The van der Waals surface area contributed by atoms with E-state index in [-0.39, 0.29) is 0 Å². The van der Waals surface area contributed by atoms with Crippen molar-refractivity contribution >= 4 is 5.91 Å². The molecule has 106 valence electrons. The number of rotatable bonds is 5. The van der Waals surface area contributed by atoms with Crippen LogP contribution in [-0.4, -0.2) is 70.0 Å². The second kappa shape index (κ2) is 7.01. The molecular formula is C11H21NO6. The summed E-state index contributed by atoms with van der Waals surface area (Å²) >= 11 is 0. The molecule has 1 amide bonds. The van der Waals surface area contributed by atoms with Gasteiger partial charge in [0, 0.05) is 6.54 Å². The van der Waals surface area contributed by atoms with Crippen molar-refractivity contribution in [1.29, 1.82) is 0 Å². The van der Waals surface area contributed by atoms with Gasteiger partial charge in [-0.25, -0.2) is 0 Å². The van der Waals surface area contributed by atoms with Crippen molar-refractivity contribution < 1.29 is 30.0 Å². The fourth-order valence-corrected chi connectivity index (χ4v) is 1.81. The molecule has 1 aliphatic rings. The van der Waals surface area contributed by atoms with Crippen LogP contribution in [0.2, 0.25) is 0 Å². The van der Waals surface area contributed by atoms with E-state index in [1.165, 1.54) is 0 Å². The summed E-state index contributed by atoms with van der Waals surface area (Å²) in [6.07, 6.45) is -5.09. The Labute approximate surface area is 105 Å². The second-order valence-corrected chi connectivity index (χ2v) is 4.39. The molecule has 0 unspecified atom stereocenters. The van der Waals surface area contributed by atoms with Crippen LogP contribution < -0.4 is 5.32 Å². The van der Waals surface area contributed by atoms with Gasteiger partial charge in [0.05, 0.1) is 6.61 Å². The van der Waals surface area contributed by atoms with Gasteiger partial charge < -0.3 is 30.5 Å². The minimum Gasteiger partial charge on any atom is -0.394 e. The average molecular weight is 263 g/mol. The lowest BCUT2D eigenvalue weighted by Crippen LogP contribution is -2.62. The van der Waals surface area contributed by atoms with E-state index in [4.69, 9.17) is 9.84 Å². The number of hydrogen-bond donors (Lipinski definition) is 5. The molecule has 18 heavy (non-hydrogen) atoms. The molecule has 0 aromatic rings. The molecule has 0 aromatic carbocycles. The third kappa shape index (κ3) is 3.39. The molecule has 1 heterocycles. The summed E-state index contributed by atoms with van der Waals surface area (Å²) in [4.78, 5) is 11.7. The fourth-order valence-electron chi connectivity index (χ4n) is 1.81. The Morgan fingerprint density at radius 2 is 1.89 bits per heavy atom. The molecule has 7 nitrogen and oxygen atoms in total. The molecule has 0 saturated carbocycles. The van der Waals surface area contributed by atoms with Crippen LogP contribution in [0.15, 0.2) is 0 Å². The molecule has 5 N–H and O–H groups in total.